The van der Waals surface area contributed by atoms with Gasteiger partial charge in [-0.15, -0.1) is 0 Å². The zero-order valence-corrected chi connectivity index (χ0v) is 15.7. The van der Waals surface area contributed by atoms with Crippen LogP contribution in [0.3, 0.4) is 0 Å². The molecule has 2 bridgehead atoms. The molecule has 1 amide bonds. The molecule has 4 nitrogen and oxygen atoms in total. The van der Waals surface area contributed by atoms with Crippen molar-refractivity contribution in [3.8, 4) is 0 Å². The first-order valence-corrected chi connectivity index (χ1v) is 9.34. The first-order valence-electron chi connectivity index (χ1n) is 9.34. The summed E-state index contributed by atoms with van der Waals surface area (Å²) in [5, 5.41) is 0. The fourth-order valence-corrected chi connectivity index (χ4v) is 5.73. The van der Waals surface area contributed by atoms with E-state index in [0.717, 1.165) is 32.5 Å². The van der Waals surface area contributed by atoms with Gasteiger partial charge in [-0.25, -0.2) is 0 Å². The third kappa shape index (κ3) is 3.17. The Morgan fingerprint density at radius 3 is 2.35 bits per heavy atom. The molecule has 2 aliphatic heterocycles. The van der Waals surface area contributed by atoms with Gasteiger partial charge in [0.05, 0.1) is 5.54 Å². The van der Waals surface area contributed by atoms with Gasteiger partial charge in [0.25, 0.3) is 0 Å². The van der Waals surface area contributed by atoms with Crippen LogP contribution in [0.25, 0.3) is 0 Å². The number of carbonyl (C=O) groups is 1. The summed E-state index contributed by atoms with van der Waals surface area (Å²) in [6.45, 7) is 14.2. The molecule has 1 aliphatic carbocycles. The van der Waals surface area contributed by atoms with Crippen LogP contribution in [0.1, 0.15) is 66.7 Å². The van der Waals surface area contributed by atoms with Crippen molar-refractivity contribution in [2.24, 2.45) is 16.6 Å². The molecular formula is C19H35N3O. The number of rotatable bonds is 2. The number of piperidine rings is 1. The highest BCUT2D eigenvalue weighted by Crippen LogP contribution is 2.54. The molecule has 2 unspecified atom stereocenters. The van der Waals surface area contributed by atoms with Crippen molar-refractivity contribution in [1.82, 2.24) is 9.80 Å². The SMILES string of the molecule is CC1(C)CC2CC(C)(CN2C(C)(C)C(=O)N2CCC(N)CC2)C1. The average molecular weight is 322 g/mol. The Kier molecular flexibility index (Phi) is 4.08. The van der Waals surface area contributed by atoms with E-state index in [4.69, 9.17) is 5.73 Å². The van der Waals surface area contributed by atoms with Crippen LogP contribution < -0.4 is 5.73 Å². The molecule has 23 heavy (non-hydrogen) atoms. The number of likely N-dealkylation sites (tertiary alicyclic amines) is 2. The lowest BCUT2D eigenvalue weighted by Gasteiger charge is -2.44. The van der Waals surface area contributed by atoms with Crippen molar-refractivity contribution in [2.75, 3.05) is 19.6 Å². The Hall–Kier alpha value is -0.610. The van der Waals surface area contributed by atoms with Crippen molar-refractivity contribution >= 4 is 5.91 Å². The minimum absolute atomic E-state index is 0.271. The molecule has 0 aromatic rings. The number of amides is 1. The maximum Gasteiger partial charge on any atom is 0.242 e. The molecule has 3 rings (SSSR count). The lowest BCUT2D eigenvalue weighted by Crippen LogP contribution is -2.59. The molecule has 2 saturated heterocycles. The Labute approximate surface area is 141 Å². The van der Waals surface area contributed by atoms with Crippen molar-refractivity contribution < 1.29 is 4.79 Å². The molecule has 2 N–H and O–H groups in total. The second kappa shape index (κ2) is 5.45. The van der Waals surface area contributed by atoms with E-state index in [9.17, 15) is 4.79 Å². The van der Waals surface area contributed by atoms with E-state index < -0.39 is 5.54 Å². The summed E-state index contributed by atoms with van der Waals surface area (Å²) in [7, 11) is 0. The van der Waals surface area contributed by atoms with E-state index in [-0.39, 0.29) is 6.04 Å². The van der Waals surface area contributed by atoms with Gasteiger partial charge in [-0.1, -0.05) is 20.8 Å². The quantitative estimate of drug-likeness (QED) is 0.850. The van der Waals surface area contributed by atoms with Crippen LogP contribution in [0.15, 0.2) is 0 Å². The van der Waals surface area contributed by atoms with E-state index in [2.05, 4.69) is 44.4 Å². The van der Waals surface area contributed by atoms with Crippen LogP contribution in [0.5, 0.6) is 0 Å². The van der Waals surface area contributed by atoms with Crippen molar-refractivity contribution in [3.63, 3.8) is 0 Å². The summed E-state index contributed by atoms with van der Waals surface area (Å²) in [6, 6.07) is 0.822. The van der Waals surface area contributed by atoms with Gasteiger partial charge in [0.1, 0.15) is 0 Å². The minimum atomic E-state index is -0.399. The first kappa shape index (κ1) is 17.2. The van der Waals surface area contributed by atoms with Gasteiger partial charge in [-0.3, -0.25) is 9.69 Å². The number of nitrogens with zero attached hydrogens (tertiary/aromatic N) is 2. The van der Waals surface area contributed by atoms with Gasteiger partial charge in [0.2, 0.25) is 5.91 Å². The van der Waals surface area contributed by atoms with Crippen molar-refractivity contribution in [3.05, 3.63) is 0 Å². The Bertz CT molecular complexity index is 479. The van der Waals surface area contributed by atoms with Gasteiger partial charge in [-0.05, 0) is 56.8 Å². The van der Waals surface area contributed by atoms with Crippen LogP contribution >= 0.6 is 0 Å². The molecule has 1 saturated carbocycles. The number of hydrogen-bond acceptors (Lipinski definition) is 3. The van der Waals surface area contributed by atoms with Crippen LogP contribution in [0.2, 0.25) is 0 Å². The number of hydrogen-bond donors (Lipinski definition) is 1. The monoisotopic (exact) mass is 321 g/mol. The zero-order valence-electron chi connectivity index (χ0n) is 15.7. The molecule has 132 valence electrons. The molecule has 2 heterocycles. The smallest absolute Gasteiger partial charge is 0.242 e. The summed E-state index contributed by atoms with van der Waals surface area (Å²) in [6.07, 6.45) is 5.62. The number of fused-ring (bicyclic) bond motifs is 2. The molecule has 3 fully saturated rings. The van der Waals surface area contributed by atoms with Crippen LogP contribution in [-0.4, -0.2) is 53.0 Å². The molecule has 0 radical (unpaired) electrons. The number of nitrogens with two attached hydrogens (primary N) is 1. The summed E-state index contributed by atoms with van der Waals surface area (Å²) in [5.74, 6) is 0.304. The topological polar surface area (TPSA) is 49.6 Å². The molecule has 0 aromatic heterocycles. The maximum atomic E-state index is 13.2. The minimum Gasteiger partial charge on any atom is -0.341 e. The molecule has 0 spiro atoms. The predicted molar refractivity (Wildman–Crippen MR) is 94.1 cm³/mol. The van der Waals surface area contributed by atoms with Gasteiger partial charge >= 0.3 is 0 Å². The molecule has 3 aliphatic rings. The van der Waals surface area contributed by atoms with Gasteiger partial charge in [0.15, 0.2) is 0 Å². The summed E-state index contributed by atoms with van der Waals surface area (Å²) >= 11 is 0. The maximum absolute atomic E-state index is 13.2. The lowest BCUT2D eigenvalue weighted by molar-refractivity contribution is -0.144. The Morgan fingerprint density at radius 1 is 1.13 bits per heavy atom. The fourth-order valence-electron chi connectivity index (χ4n) is 5.73. The molecular weight excluding hydrogens is 286 g/mol. The second-order valence-electron chi connectivity index (χ2n) is 10.0. The van der Waals surface area contributed by atoms with E-state index in [1.165, 1.54) is 19.3 Å². The van der Waals surface area contributed by atoms with E-state index in [0.29, 0.717) is 22.8 Å². The zero-order chi connectivity index (χ0) is 17.0. The standard InChI is InChI=1S/C19H35N3O/c1-17(2)10-15-11-19(5,12-17)13-22(15)18(3,4)16(23)21-8-6-14(20)7-9-21/h14-15H,6-13,20H2,1-5H3. The third-order valence-corrected chi connectivity index (χ3v) is 6.48. The fraction of sp³-hybridized carbons (Fsp3) is 0.947. The van der Waals surface area contributed by atoms with E-state index >= 15 is 0 Å². The third-order valence-electron chi connectivity index (χ3n) is 6.48. The summed E-state index contributed by atoms with van der Waals surface area (Å²) in [4.78, 5) is 17.8. The predicted octanol–water partition coefficient (Wildman–Crippen LogP) is 2.62. The number of carbonyl (C=O) groups excluding carboxylic acids is 1. The first-order chi connectivity index (χ1) is 10.5. The molecule has 4 heteroatoms. The Morgan fingerprint density at radius 2 is 1.74 bits per heavy atom. The van der Waals surface area contributed by atoms with E-state index in [1.807, 2.05) is 0 Å². The van der Waals surface area contributed by atoms with Crippen LogP contribution in [0.4, 0.5) is 0 Å². The van der Waals surface area contributed by atoms with Gasteiger partial charge < -0.3 is 10.6 Å². The largest absolute Gasteiger partial charge is 0.341 e. The average Bonchev–Trinajstić information content (AvgIpc) is 2.68. The van der Waals surface area contributed by atoms with Gasteiger partial charge in [-0.2, -0.15) is 0 Å². The second-order valence-corrected chi connectivity index (χ2v) is 10.0. The van der Waals surface area contributed by atoms with Crippen molar-refractivity contribution in [1.29, 1.82) is 0 Å². The summed E-state index contributed by atoms with van der Waals surface area (Å²) in [5.41, 5.74) is 6.36. The van der Waals surface area contributed by atoms with Gasteiger partial charge in [0, 0.05) is 31.7 Å². The highest BCUT2D eigenvalue weighted by Gasteiger charge is 2.55. The Balaban J connectivity index is 1.76. The normalized spacial score (nSPS) is 35.6. The lowest BCUT2D eigenvalue weighted by atomic mass is 9.65. The molecule has 2 atom stereocenters. The van der Waals surface area contributed by atoms with Crippen molar-refractivity contribution in [2.45, 2.75) is 84.3 Å². The molecule has 0 aromatic carbocycles. The highest BCUT2D eigenvalue weighted by molar-refractivity contribution is 5.85. The highest BCUT2D eigenvalue weighted by atomic mass is 16.2. The van der Waals surface area contributed by atoms with Crippen LogP contribution in [-0.2, 0) is 4.79 Å². The van der Waals surface area contributed by atoms with E-state index in [1.54, 1.807) is 0 Å². The summed E-state index contributed by atoms with van der Waals surface area (Å²) < 4.78 is 0. The van der Waals surface area contributed by atoms with Crippen LogP contribution in [0, 0.1) is 10.8 Å².